The zero-order chi connectivity index (χ0) is 17.2. The third kappa shape index (κ3) is 1.69. The van der Waals surface area contributed by atoms with Crippen LogP contribution in [0.4, 0.5) is 5.69 Å². The summed E-state index contributed by atoms with van der Waals surface area (Å²) < 4.78 is 0. The summed E-state index contributed by atoms with van der Waals surface area (Å²) in [5, 5.41) is 9.01. The van der Waals surface area contributed by atoms with Gasteiger partial charge in [0.05, 0.1) is 5.56 Å². The number of rotatable bonds is 3. The molecule has 1 aromatic carbocycles. The summed E-state index contributed by atoms with van der Waals surface area (Å²) in [7, 11) is 0. The van der Waals surface area contributed by atoms with Gasteiger partial charge in [0.2, 0.25) is 11.6 Å². The minimum absolute atomic E-state index is 0.0381. The van der Waals surface area contributed by atoms with E-state index in [4.69, 9.17) is 10.8 Å². The van der Waals surface area contributed by atoms with Crippen LogP contribution < -0.4 is 5.73 Å². The molecule has 2 aliphatic carbocycles. The molecular weight excluding hydrogens is 298 g/mol. The van der Waals surface area contributed by atoms with Gasteiger partial charge in [-0.1, -0.05) is 19.9 Å². The monoisotopic (exact) mass is 315 g/mol. The van der Waals surface area contributed by atoms with Gasteiger partial charge in [0.25, 0.3) is 0 Å². The number of hydrogen-bond donors (Lipinski definition) is 2. The van der Waals surface area contributed by atoms with Crippen molar-refractivity contribution in [2.45, 2.75) is 26.7 Å². The number of Topliss-reactive ketones (excluding diaryl/α,β-unsaturated/α-hetero) is 3. The second-order valence-electron chi connectivity index (χ2n) is 6.85. The average molecular weight is 315 g/mol. The van der Waals surface area contributed by atoms with Gasteiger partial charge < -0.3 is 10.8 Å². The molecule has 0 spiro atoms. The molecule has 2 atom stereocenters. The molecule has 2 fully saturated rings. The topological polar surface area (TPSA) is 115 Å². The Kier molecular flexibility index (Phi) is 3.01. The lowest BCUT2D eigenvalue weighted by atomic mass is 9.65. The van der Waals surface area contributed by atoms with Crippen LogP contribution in [0.5, 0.6) is 0 Å². The van der Waals surface area contributed by atoms with Gasteiger partial charge in [-0.3, -0.25) is 14.4 Å². The fourth-order valence-electron chi connectivity index (χ4n) is 4.23. The molecule has 0 amide bonds. The number of hydrogen-bond acceptors (Lipinski definition) is 5. The quantitative estimate of drug-likeness (QED) is 0.380. The molecule has 2 saturated carbocycles. The van der Waals surface area contributed by atoms with Crippen molar-refractivity contribution in [3.63, 3.8) is 0 Å². The van der Waals surface area contributed by atoms with Crippen LogP contribution in [0, 0.1) is 16.7 Å². The Bertz CT molecular complexity index is 779. The van der Waals surface area contributed by atoms with Crippen molar-refractivity contribution in [1.82, 2.24) is 0 Å². The number of benzene rings is 1. The van der Waals surface area contributed by atoms with Gasteiger partial charge in [-0.25, -0.2) is 4.79 Å². The first kappa shape index (κ1) is 15.4. The Balaban J connectivity index is 2.10. The Labute approximate surface area is 132 Å². The van der Waals surface area contributed by atoms with E-state index in [1.165, 1.54) is 18.2 Å². The van der Waals surface area contributed by atoms with E-state index in [2.05, 4.69) is 0 Å². The highest BCUT2D eigenvalue weighted by Gasteiger charge is 2.72. The van der Waals surface area contributed by atoms with Gasteiger partial charge in [-0.15, -0.1) is 0 Å². The van der Waals surface area contributed by atoms with Crippen molar-refractivity contribution in [2.24, 2.45) is 16.7 Å². The lowest BCUT2D eigenvalue weighted by molar-refractivity contribution is -0.140. The highest BCUT2D eigenvalue weighted by atomic mass is 16.4. The molecule has 3 rings (SSSR count). The number of ketones is 3. The molecule has 23 heavy (non-hydrogen) atoms. The van der Waals surface area contributed by atoms with Gasteiger partial charge in [0.1, 0.15) is 5.41 Å². The SMILES string of the molecule is CC1(C)C2CCC1(C(=O)c1ccc(C(=O)O)c(N)c1)C(=O)C2=O. The fraction of sp³-hybridized carbons (Fsp3) is 0.412. The zero-order valence-electron chi connectivity index (χ0n) is 12.9. The summed E-state index contributed by atoms with van der Waals surface area (Å²) in [6.07, 6.45) is 0.862. The largest absolute Gasteiger partial charge is 0.478 e. The van der Waals surface area contributed by atoms with E-state index >= 15 is 0 Å². The summed E-state index contributed by atoms with van der Waals surface area (Å²) in [5.74, 6) is -3.14. The highest BCUT2D eigenvalue weighted by molar-refractivity contribution is 6.48. The van der Waals surface area contributed by atoms with Crippen molar-refractivity contribution in [2.75, 3.05) is 5.73 Å². The van der Waals surface area contributed by atoms with Gasteiger partial charge in [-0.05, 0) is 30.4 Å². The lowest BCUT2D eigenvalue weighted by Crippen LogP contribution is -2.44. The maximum atomic E-state index is 13.1. The normalized spacial score (nSPS) is 28.2. The van der Waals surface area contributed by atoms with Gasteiger partial charge >= 0.3 is 5.97 Å². The number of fused-ring (bicyclic) bond motifs is 2. The summed E-state index contributed by atoms with van der Waals surface area (Å²) in [5.41, 5.74) is 3.64. The van der Waals surface area contributed by atoms with Crippen LogP contribution >= 0.6 is 0 Å². The number of nitrogens with two attached hydrogens (primary N) is 1. The molecule has 0 radical (unpaired) electrons. The minimum atomic E-state index is -1.36. The van der Waals surface area contributed by atoms with Crippen LogP contribution in [0.15, 0.2) is 18.2 Å². The molecule has 0 aromatic heterocycles. The average Bonchev–Trinajstić information content (AvgIpc) is 2.82. The van der Waals surface area contributed by atoms with Crippen molar-refractivity contribution >= 4 is 29.0 Å². The van der Waals surface area contributed by atoms with Crippen LogP contribution in [0.1, 0.15) is 47.4 Å². The van der Waals surface area contributed by atoms with E-state index in [9.17, 15) is 19.2 Å². The van der Waals surface area contributed by atoms with Gasteiger partial charge in [0.15, 0.2) is 5.78 Å². The molecule has 120 valence electrons. The van der Waals surface area contributed by atoms with E-state index in [1.54, 1.807) is 13.8 Å². The van der Waals surface area contributed by atoms with E-state index in [-0.39, 0.29) is 16.8 Å². The Morgan fingerprint density at radius 2 is 1.91 bits per heavy atom. The highest BCUT2D eigenvalue weighted by Crippen LogP contribution is 2.63. The van der Waals surface area contributed by atoms with E-state index in [0.29, 0.717) is 12.8 Å². The molecule has 6 heteroatoms. The van der Waals surface area contributed by atoms with Crippen molar-refractivity contribution < 1.29 is 24.3 Å². The molecule has 3 N–H and O–H groups in total. The number of anilines is 1. The summed E-state index contributed by atoms with van der Waals surface area (Å²) in [4.78, 5) is 48.7. The second-order valence-corrected chi connectivity index (χ2v) is 6.85. The van der Waals surface area contributed by atoms with Crippen LogP contribution in [-0.4, -0.2) is 28.4 Å². The molecule has 2 bridgehead atoms. The van der Waals surface area contributed by atoms with Crippen LogP contribution in [0.3, 0.4) is 0 Å². The molecule has 6 nitrogen and oxygen atoms in total. The van der Waals surface area contributed by atoms with Crippen molar-refractivity contribution in [1.29, 1.82) is 0 Å². The predicted molar refractivity (Wildman–Crippen MR) is 81.1 cm³/mol. The van der Waals surface area contributed by atoms with Crippen LogP contribution in [0.2, 0.25) is 0 Å². The molecule has 2 unspecified atom stereocenters. The lowest BCUT2D eigenvalue weighted by Gasteiger charge is -2.34. The maximum Gasteiger partial charge on any atom is 0.337 e. The number of aromatic carboxylic acids is 1. The van der Waals surface area contributed by atoms with E-state index < -0.39 is 40.1 Å². The van der Waals surface area contributed by atoms with Crippen molar-refractivity contribution in [3.8, 4) is 0 Å². The molecule has 0 aliphatic heterocycles. The molecular formula is C17H17NO5. The van der Waals surface area contributed by atoms with E-state index in [1.807, 2.05) is 0 Å². The van der Waals surface area contributed by atoms with Gasteiger partial charge in [-0.2, -0.15) is 0 Å². The Hall–Kier alpha value is -2.50. The minimum Gasteiger partial charge on any atom is -0.478 e. The number of carbonyl (C=O) groups excluding carboxylic acids is 3. The standard InChI is InChI=1S/C17H17NO5/c1-16(2)10-5-6-17(16,14(21)12(10)19)13(20)8-3-4-9(15(22)23)11(18)7-8/h3-4,7,10H,5-6,18H2,1-2H3,(H,22,23). The first-order chi connectivity index (χ1) is 10.6. The van der Waals surface area contributed by atoms with E-state index in [0.717, 1.165) is 0 Å². The first-order valence-electron chi connectivity index (χ1n) is 7.41. The number of carboxylic acids is 1. The first-order valence-corrected chi connectivity index (χ1v) is 7.41. The van der Waals surface area contributed by atoms with Crippen LogP contribution in [-0.2, 0) is 9.59 Å². The molecule has 0 saturated heterocycles. The number of nitrogen functional groups attached to an aromatic ring is 1. The Morgan fingerprint density at radius 1 is 1.26 bits per heavy atom. The maximum absolute atomic E-state index is 13.1. The smallest absolute Gasteiger partial charge is 0.337 e. The van der Waals surface area contributed by atoms with Gasteiger partial charge in [0, 0.05) is 17.2 Å². The second kappa shape index (κ2) is 4.50. The Morgan fingerprint density at radius 3 is 2.39 bits per heavy atom. The summed E-state index contributed by atoms with van der Waals surface area (Å²) in [6.45, 7) is 3.56. The summed E-state index contributed by atoms with van der Waals surface area (Å²) >= 11 is 0. The third-order valence-electron chi connectivity index (χ3n) is 5.64. The van der Waals surface area contributed by atoms with Crippen LogP contribution in [0.25, 0.3) is 0 Å². The molecule has 1 aromatic rings. The zero-order valence-corrected chi connectivity index (χ0v) is 12.9. The molecule has 2 aliphatic rings. The predicted octanol–water partition coefficient (Wildman–Crippen LogP) is 1.72. The summed E-state index contributed by atoms with van der Waals surface area (Å²) in [6, 6.07) is 3.89. The third-order valence-corrected chi connectivity index (χ3v) is 5.64. The number of carbonyl (C=O) groups is 4. The fourth-order valence-corrected chi connectivity index (χ4v) is 4.23. The van der Waals surface area contributed by atoms with Crippen molar-refractivity contribution in [3.05, 3.63) is 29.3 Å². The number of carboxylic acid groups (broad SMARTS) is 1. The molecule has 0 heterocycles.